The fourth-order valence-electron chi connectivity index (χ4n) is 2.67. The molecule has 1 aromatic carbocycles. The molecule has 1 aromatic rings. The number of benzene rings is 1. The fraction of sp³-hybridized carbons (Fsp3) is 0.471. The molecule has 4 nitrogen and oxygen atoms in total. The van der Waals surface area contributed by atoms with Gasteiger partial charge in [0.15, 0.2) is 0 Å². The zero-order chi connectivity index (χ0) is 14.9. The smallest absolute Gasteiger partial charge is 0.202 e. The Morgan fingerprint density at radius 1 is 1.24 bits per heavy atom. The van der Waals surface area contributed by atoms with Crippen molar-refractivity contribution in [3.8, 4) is 0 Å². The Bertz CT molecular complexity index is 526. The van der Waals surface area contributed by atoms with Crippen LogP contribution in [0.5, 0.6) is 0 Å². The van der Waals surface area contributed by atoms with Crippen LogP contribution in [0.1, 0.15) is 36.8 Å². The second-order valence-electron chi connectivity index (χ2n) is 5.82. The average molecular weight is 288 g/mol. The second kappa shape index (κ2) is 5.72. The molecule has 1 saturated heterocycles. The van der Waals surface area contributed by atoms with Crippen LogP contribution in [0, 0.1) is 6.92 Å². The van der Waals surface area contributed by atoms with Gasteiger partial charge < -0.3 is 4.74 Å². The van der Waals surface area contributed by atoms with E-state index in [1.54, 1.807) is 0 Å². The van der Waals surface area contributed by atoms with Crippen LogP contribution in [-0.4, -0.2) is 24.3 Å². The Hall–Kier alpha value is -1.49. The van der Waals surface area contributed by atoms with Gasteiger partial charge in [0.2, 0.25) is 5.79 Å². The Morgan fingerprint density at radius 3 is 2.48 bits per heavy atom. The van der Waals surface area contributed by atoms with Gasteiger partial charge in [-0.2, -0.15) is 0 Å². The SMILES string of the molecule is C=C(c1ccc(C)cc1)C1COC2(CCC(=O)CC2)OO1. The summed E-state index contributed by atoms with van der Waals surface area (Å²) in [6, 6.07) is 8.12. The lowest BCUT2D eigenvalue weighted by atomic mass is 9.92. The van der Waals surface area contributed by atoms with E-state index < -0.39 is 5.79 Å². The third kappa shape index (κ3) is 3.07. The summed E-state index contributed by atoms with van der Waals surface area (Å²) in [5.74, 6) is -0.475. The number of ketones is 1. The Kier molecular flexibility index (Phi) is 3.93. The first-order valence-corrected chi connectivity index (χ1v) is 7.34. The van der Waals surface area contributed by atoms with Gasteiger partial charge in [0, 0.05) is 25.7 Å². The van der Waals surface area contributed by atoms with Crippen molar-refractivity contribution < 1.29 is 19.3 Å². The van der Waals surface area contributed by atoms with Crippen LogP contribution in [0.25, 0.3) is 5.57 Å². The lowest BCUT2D eigenvalue weighted by Gasteiger charge is -2.40. The molecule has 1 heterocycles. The highest BCUT2D eigenvalue weighted by atomic mass is 17.2. The molecule has 4 heteroatoms. The van der Waals surface area contributed by atoms with Gasteiger partial charge in [0.1, 0.15) is 11.9 Å². The molecule has 0 bridgehead atoms. The van der Waals surface area contributed by atoms with Crippen LogP contribution >= 0.6 is 0 Å². The van der Waals surface area contributed by atoms with E-state index >= 15 is 0 Å². The number of hydrogen-bond donors (Lipinski definition) is 0. The molecule has 3 rings (SSSR count). The van der Waals surface area contributed by atoms with Crippen molar-refractivity contribution in [3.63, 3.8) is 0 Å². The number of carbonyl (C=O) groups excluding carboxylic acids is 1. The number of ether oxygens (including phenoxy) is 1. The minimum absolute atomic E-state index is 0.263. The van der Waals surface area contributed by atoms with Gasteiger partial charge in [-0.25, -0.2) is 9.78 Å². The first kappa shape index (κ1) is 14.4. The summed E-state index contributed by atoms with van der Waals surface area (Å²) < 4.78 is 5.87. The maximum absolute atomic E-state index is 11.3. The Morgan fingerprint density at radius 2 is 1.90 bits per heavy atom. The van der Waals surface area contributed by atoms with E-state index in [9.17, 15) is 4.79 Å². The van der Waals surface area contributed by atoms with Gasteiger partial charge in [-0.15, -0.1) is 0 Å². The van der Waals surface area contributed by atoms with E-state index in [4.69, 9.17) is 14.5 Å². The molecule has 1 saturated carbocycles. The normalized spacial score (nSPS) is 25.0. The lowest BCUT2D eigenvalue weighted by Crippen LogP contribution is -2.47. The Balaban J connectivity index is 1.61. The molecule has 2 fully saturated rings. The van der Waals surface area contributed by atoms with Crippen LogP contribution in [-0.2, 0) is 19.3 Å². The minimum atomic E-state index is -0.738. The predicted octanol–water partition coefficient (Wildman–Crippen LogP) is 3.19. The third-order valence-electron chi connectivity index (χ3n) is 4.19. The van der Waals surface area contributed by atoms with Gasteiger partial charge in [0.25, 0.3) is 0 Å². The number of carbonyl (C=O) groups is 1. The molecule has 1 aliphatic carbocycles. The summed E-state index contributed by atoms with van der Waals surface area (Å²) >= 11 is 0. The van der Waals surface area contributed by atoms with E-state index in [0.717, 1.165) is 11.1 Å². The minimum Gasteiger partial charge on any atom is -0.344 e. The molecule has 21 heavy (non-hydrogen) atoms. The van der Waals surface area contributed by atoms with Crippen molar-refractivity contribution in [3.05, 3.63) is 42.0 Å². The van der Waals surface area contributed by atoms with E-state index in [0.29, 0.717) is 32.3 Å². The largest absolute Gasteiger partial charge is 0.344 e. The summed E-state index contributed by atoms with van der Waals surface area (Å²) in [4.78, 5) is 22.3. The van der Waals surface area contributed by atoms with Crippen molar-refractivity contribution in [1.82, 2.24) is 0 Å². The van der Waals surface area contributed by atoms with Gasteiger partial charge in [-0.1, -0.05) is 36.4 Å². The van der Waals surface area contributed by atoms with Crippen LogP contribution in [0.15, 0.2) is 30.8 Å². The Labute approximate surface area is 124 Å². The number of hydrogen-bond acceptors (Lipinski definition) is 4. The third-order valence-corrected chi connectivity index (χ3v) is 4.19. The maximum atomic E-state index is 11.3. The molecule has 1 spiro atoms. The molecule has 1 unspecified atom stereocenters. The van der Waals surface area contributed by atoms with E-state index in [1.807, 2.05) is 31.2 Å². The lowest BCUT2D eigenvalue weighted by molar-refractivity contribution is -0.481. The second-order valence-corrected chi connectivity index (χ2v) is 5.82. The molecular formula is C17H20O4. The summed E-state index contributed by atoms with van der Waals surface area (Å²) in [5, 5.41) is 0. The molecule has 2 aliphatic rings. The van der Waals surface area contributed by atoms with E-state index in [2.05, 4.69) is 6.58 Å². The summed E-state index contributed by atoms with van der Waals surface area (Å²) in [7, 11) is 0. The van der Waals surface area contributed by atoms with Crippen LogP contribution in [0.2, 0.25) is 0 Å². The van der Waals surface area contributed by atoms with Gasteiger partial charge in [-0.3, -0.25) is 4.79 Å². The first-order valence-electron chi connectivity index (χ1n) is 7.34. The van der Waals surface area contributed by atoms with Crippen LogP contribution in [0.4, 0.5) is 0 Å². The molecule has 1 aliphatic heterocycles. The fourth-order valence-corrected chi connectivity index (χ4v) is 2.67. The maximum Gasteiger partial charge on any atom is 0.202 e. The first-order chi connectivity index (χ1) is 10.1. The topological polar surface area (TPSA) is 44.8 Å². The van der Waals surface area contributed by atoms with Crippen molar-refractivity contribution >= 4 is 11.4 Å². The van der Waals surface area contributed by atoms with Crippen molar-refractivity contribution in [2.75, 3.05) is 6.61 Å². The number of Topliss-reactive ketones (excluding diaryl/α,β-unsaturated/α-hetero) is 1. The van der Waals surface area contributed by atoms with Crippen LogP contribution < -0.4 is 0 Å². The predicted molar refractivity (Wildman–Crippen MR) is 78.3 cm³/mol. The number of aryl methyl sites for hydroxylation is 1. The highest BCUT2D eigenvalue weighted by molar-refractivity contribution is 5.79. The molecule has 0 aromatic heterocycles. The van der Waals surface area contributed by atoms with Gasteiger partial charge in [0.05, 0.1) is 6.61 Å². The quantitative estimate of drug-likeness (QED) is 0.784. The highest BCUT2D eigenvalue weighted by Crippen LogP contribution is 2.36. The molecular weight excluding hydrogens is 268 g/mol. The van der Waals surface area contributed by atoms with Crippen molar-refractivity contribution in [2.45, 2.75) is 44.5 Å². The molecule has 112 valence electrons. The van der Waals surface area contributed by atoms with Crippen LogP contribution in [0.3, 0.4) is 0 Å². The molecule has 0 amide bonds. The zero-order valence-electron chi connectivity index (χ0n) is 12.3. The van der Waals surface area contributed by atoms with Crippen molar-refractivity contribution in [2.24, 2.45) is 0 Å². The molecule has 0 radical (unpaired) electrons. The van der Waals surface area contributed by atoms with Crippen molar-refractivity contribution in [1.29, 1.82) is 0 Å². The molecule has 1 atom stereocenters. The van der Waals surface area contributed by atoms with Gasteiger partial charge >= 0.3 is 0 Å². The van der Waals surface area contributed by atoms with Gasteiger partial charge in [-0.05, 0) is 18.1 Å². The highest BCUT2D eigenvalue weighted by Gasteiger charge is 2.43. The monoisotopic (exact) mass is 288 g/mol. The summed E-state index contributed by atoms with van der Waals surface area (Å²) in [6.07, 6.45) is 1.81. The molecule has 0 N–H and O–H groups in total. The summed E-state index contributed by atoms with van der Waals surface area (Å²) in [6.45, 7) is 6.53. The zero-order valence-corrected chi connectivity index (χ0v) is 12.3. The van der Waals surface area contributed by atoms with E-state index in [-0.39, 0.29) is 11.9 Å². The van der Waals surface area contributed by atoms with E-state index in [1.165, 1.54) is 5.56 Å². The standard InChI is InChI=1S/C17H20O4/c1-12-3-5-14(6-4-12)13(2)16-11-19-17(21-20-16)9-7-15(18)8-10-17/h3-6,16H,2,7-11H2,1H3. The average Bonchev–Trinajstić information content (AvgIpc) is 2.51. The number of rotatable bonds is 2. The summed E-state index contributed by atoms with van der Waals surface area (Å²) in [5.41, 5.74) is 3.07.